The number of carboxylic acids is 1. The van der Waals surface area contributed by atoms with Crippen molar-refractivity contribution in [3.63, 3.8) is 0 Å². The molecule has 5 atom stereocenters. The van der Waals surface area contributed by atoms with E-state index in [1.165, 1.54) is 88.8 Å². The van der Waals surface area contributed by atoms with Gasteiger partial charge in [0.05, 0.1) is 6.10 Å². The van der Waals surface area contributed by atoms with E-state index in [0.29, 0.717) is 12.8 Å². The van der Waals surface area contributed by atoms with Gasteiger partial charge in [0.2, 0.25) is 0 Å². The number of carbonyl (C=O) groups excluding carboxylic acids is 2. The van der Waals surface area contributed by atoms with Crippen LogP contribution in [-0.2, 0) is 23.9 Å². The van der Waals surface area contributed by atoms with Gasteiger partial charge in [-0.1, -0.05) is 153 Å². The number of aliphatic carboxylic acids is 1. The second kappa shape index (κ2) is 36.6. The topological polar surface area (TPSA) is 156 Å². The van der Waals surface area contributed by atoms with Crippen LogP contribution in [0.15, 0.2) is 48.6 Å². The quantitative estimate of drug-likeness (QED) is 0.0210. The van der Waals surface area contributed by atoms with Crippen LogP contribution in [0.4, 0.5) is 0 Å². The number of carbonyl (C=O) groups is 3. The maximum absolute atomic E-state index is 12.5. The van der Waals surface area contributed by atoms with E-state index in [9.17, 15) is 24.6 Å². The molecular formula is C43H75NO8S. The first-order valence-corrected chi connectivity index (χ1v) is 21.6. The Bertz CT molecular complexity index is 1030. The van der Waals surface area contributed by atoms with E-state index >= 15 is 0 Å². The van der Waals surface area contributed by atoms with Crippen molar-refractivity contribution in [2.75, 3.05) is 19.0 Å². The van der Waals surface area contributed by atoms with Crippen molar-refractivity contribution in [1.29, 1.82) is 0 Å². The van der Waals surface area contributed by atoms with Gasteiger partial charge in [-0.15, -0.1) is 11.8 Å². The van der Waals surface area contributed by atoms with Crippen LogP contribution in [0.2, 0.25) is 0 Å². The summed E-state index contributed by atoms with van der Waals surface area (Å²) >= 11 is 1.27. The monoisotopic (exact) mass is 766 g/mol. The summed E-state index contributed by atoms with van der Waals surface area (Å²) in [4.78, 5) is 35.5. The summed E-state index contributed by atoms with van der Waals surface area (Å²) in [6.45, 7) is 6.17. The number of esters is 2. The second-order valence-electron chi connectivity index (χ2n) is 14.2. The molecular weight excluding hydrogens is 691 g/mol. The number of hydrogen-bond donors (Lipinski definition) is 4. The standard InChI is InChI=1S/C43H75NO8S/c1-4-6-7-8-9-10-11-12-16-19-22-25-30-40(39(46)29-27-31-41(47)48)53-35-38(44)43(50)52-34-37(45)33-51-42(49)32-26-23-20-17-14-13-15-18-21-24-28-36(3)5-2/h9-10,12,16,19,22,25,30,36-40,45-46H,4-8,11,13-15,17-18,20-21,23-24,26-29,31-35,44H2,1-3H3,(H,47,48)/b10-9-,16-12-,22-19+,30-25+/t36?,37-,38-,39-,40+/m0/s1. The number of aliphatic hydroxyl groups excluding tert-OH is 2. The summed E-state index contributed by atoms with van der Waals surface area (Å²) in [6, 6.07) is -1.01. The average Bonchev–Trinajstić information content (AvgIpc) is 3.14. The Morgan fingerprint density at radius 1 is 0.717 bits per heavy atom. The fourth-order valence-corrected chi connectivity index (χ4v) is 6.57. The Hall–Kier alpha value is -2.40. The first-order chi connectivity index (χ1) is 25.6. The maximum Gasteiger partial charge on any atom is 0.323 e. The molecule has 5 N–H and O–H groups in total. The van der Waals surface area contributed by atoms with Gasteiger partial charge in [-0.2, -0.15) is 0 Å². The van der Waals surface area contributed by atoms with Crippen LogP contribution in [0.25, 0.3) is 0 Å². The fourth-order valence-electron chi connectivity index (χ4n) is 5.44. The van der Waals surface area contributed by atoms with Crippen molar-refractivity contribution >= 4 is 29.7 Å². The summed E-state index contributed by atoms with van der Waals surface area (Å²) < 4.78 is 10.3. The largest absolute Gasteiger partial charge is 0.481 e. The lowest BCUT2D eigenvalue weighted by Crippen LogP contribution is -2.38. The molecule has 0 saturated carbocycles. The SMILES string of the molecule is CCCCC/C=C\C\C=C/C=C/C=C/[C@@H](SC[C@H](N)C(=O)OC[C@@H](O)COC(=O)CCCCCCCCCCCCC(C)CC)[C@@H](O)CCCC(=O)O. The minimum atomic E-state index is -1.16. The molecule has 53 heavy (non-hydrogen) atoms. The Morgan fingerprint density at radius 2 is 1.36 bits per heavy atom. The summed E-state index contributed by atoms with van der Waals surface area (Å²) in [5, 5.41) is 29.5. The van der Waals surface area contributed by atoms with E-state index < -0.39 is 35.4 Å². The van der Waals surface area contributed by atoms with Gasteiger partial charge in [-0.3, -0.25) is 14.4 Å². The Balaban J connectivity index is 4.36. The van der Waals surface area contributed by atoms with E-state index in [0.717, 1.165) is 38.0 Å². The molecule has 306 valence electrons. The van der Waals surface area contributed by atoms with E-state index in [1.807, 2.05) is 30.4 Å². The molecule has 0 aliphatic heterocycles. The second-order valence-corrected chi connectivity index (χ2v) is 15.4. The number of thioether (sulfide) groups is 1. The smallest absolute Gasteiger partial charge is 0.323 e. The van der Waals surface area contributed by atoms with Crippen LogP contribution >= 0.6 is 11.8 Å². The molecule has 0 aromatic carbocycles. The van der Waals surface area contributed by atoms with E-state index in [-0.39, 0.29) is 37.8 Å². The van der Waals surface area contributed by atoms with Crippen molar-refractivity contribution in [1.82, 2.24) is 0 Å². The molecule has 0 fully saturated rings. The highest BCUT2D eigenvalue weighted by atomic mass is 32.2. The molecule has 0 aromatic rings. The summed E-state index contributed by atoms with van der Waals surface area (Å²) in [7, 11) is 0. The predicted octanol–water partition coefficient (Wildman–Crippen LogP) is 9.40. The molecule has 0 aliphatic carbocycles. The van der Waals surface area contributed by atoms with Crippen LogP contribution in [0.3, 0.4) is 0 Å². The van der Waals surface area contributed by atoms with Crippen molar-refractivity contribution < 1.29 is 39.2 Å². The Morgan fingerprint density at radius 3 is 2.02 bits per heavy atom. The zero-order chi connectivity index (χ0) is 39.4. The van der Waals surface area contributed by atoms with Gasteiger partial charge in [0.15, 0.2) is 0 Å². The predicted molar refractivity (Wildman–Crippen MR) is 220 cm³/mol. The van der Waals surface area contributed by atoms with Crippen LogP contribution in [0, 0.1) is 5.92 Å². The molecule has 0 aliphatic rings. The number of ether oxygens (including phenoxy) is 2. The number of aliphatic hydroxyl groups is 2. The lowest BCUT2D eigenvalue weighted by molar-refractivity contribution is -0.153. The first-order valence-electron chi connectivity index (χ1n) is 20.5. The number of allylic oxidation sites excluding steroid dienone is 7. The molecule has 0 radical (unpaired) electrons. The number of nitrogens with two attached hydrogens (primary N) is 1. The summed E-state index contributed by atoms with van der Waals surface area (Å²) in [5.41, 5.74) is 6.05. The number of unbranched alkanes of at least 4 members (excludes halogenated alkanes) is 12. The number of rotatable bonds is 36. The molecule has 0 amide bonds. The van der Waals surface area contributed by atoms with Crippen LogP contribution in [0.5, 0.6) is 0 Å². The third-order valence-electron chi connectivity index (χ3n) is 9.10. The zero-order valence-electron chi connectivity index (χ0n) is 33.3. The lowest BCUT2D eigenvalue weighted by atomic mass is 9.99. The normalized spacial score (nSPS) is 15.0. The highest BCUT2D eigenvalue weighted by molar-refractivity contribution is 8.00. The Kier molecular flexibility index (Phi) is 34.9. The minimum Gasteiger partial charge on any atom is -0.481 e. The Labute approximate surface area is 326 Å². The molecule has 9 nitrogen and oxygen atoms in total. The highest BCUT2D eigenvalue weighted by Gasteiger charge is 2.23. The molecule has 10 heteroatoms. The number of hydrogen-bond acceptors (Lipinski definition) is 9. The van der Waals surface area contributed by atoms with Gasteiger partial charge < -0.3 is 30.5 Å². The van der Waals surface area contributed by atoms with Gasteiger partial charge in [-0.25, -0.2) is 0 Å². The molecule has 0 spiro atoms. The third-order valence-corrected chi connectivity index (χ3v) is 10.5. The fraction of sp³-hybridized carbons (Fsp3) is 0.744. The van der Waals surface area contributed by atoms with Gasteiger partial charge in [0, 0.05) is 23.8 Å². The molecule has 0 saturated heterocycles. The van der Waals surface area contributed by atoms with E-state index in [1.54, 1.807) is 0 Å². The maximum atomic E-state index is 12.5. The van der Waals surface area contributed by atoms with Crippen molar-refractivity contribution in [3.05, 3.63) is 48.6 Å². The van der Waals surface area contributed by atoms with Crippen LogP contribution < -0.4 is 5.73 Å². The van der Waals surface area contributed by atoms with Crippen LogP contribution in [-0.4, -0.2) is 75.7 Å². The van der Waals surface area contributed by atoms with Crippen molar-refractivity contribution in [2.45, 2.75) is 179 Å². The lowest BCUT2D eigenvalue weighted by Gasteiger charge is -2.21. The van der Waals surface area contributed by atoms with Gasteiger partial charge in [-0.05, 0) is 44.4 Å². The van der Waals surface area contributed by atoms with E-state index in [4.69, 9.17) is 20.3 Å². The first kappa shape index (κ1) is 50.6. The van der Waals surface area contributed by atoms with Gasteiger partial charge >= 0.3 is 17.9 Å². The summed E-state index contributed by atoms with van der Waals surface area (Å²) in [5.74, 6) is -1.02. The molecule has 0 bridgehead atoms. The average molecular weight is 766 g/mol. The zero-order valence-corrected chi connectivity index (χ0v) is 34.2. The third kappa shape index (κ3) is 33.9. The van der Waals surface area contributed by atoms with Crippen LogP contribution in [0.1, 0.15) is 156 Å². The van der Waals surface area contributed by atoms with Crippen molar-refractivity contribution in [3.8, 4) is 0 Å². The minimum absolute atomic E-state index is 0.0432. The molecule has 1 unspecified atom stereocenters. The molecule has 0 aromatic heterocycles. The highest BCUT2D eigenvalue weighted by Crippen LogP contribution is 2.22. The van der Waals surface area contributed by atoms with Gasteiger partial charge in [0.25, 0.3) is 0 Å². The number of carboxylic acid groups (broad SMARTS) is 1. The van der Waals surface area contributed by atoms with Gasteiger partial charge in [0.1, 0.15) is 25.4 Å². The summed E-state index contributed by atoms with van der Waals surface area (Å²) in [6.07, 6.45) is 34.7. The van der Waals surface area contributed by atoms with Crippen molar-refractivity contribution in [2.24, 2.45) is 11.7 Å². The van der Waals surface area contributed by atoms with E-state index in [2.05, 4.69) is 39.0 Å². The molecule has 0 heterocycles. The molecule has 0 rings (SSSR count).